The fraction of sp³-hybridized carbons (Fsp3) is 0.643. The lowest BCUT2D eigenvalue weighted by atomic mass is 10.1. The minimum absolute atomic E-state index is 0.127. The summed E-state index contributed by atoms with van der Waals surface area (Å²) in [4.78, 5) is 10.2. The Morgan fingerprint density at radius 2 is 2.00 bits per heavy atom. The molecule has 0 aromatic carbocycles. The third-order valence-corrected chi connectivity index (χ3v) is 2.31. The summed E-state index contributed by atoms with van der Waals surface area (Å²) in [6.07, 6.45) is 5.46. The van der Waals surface area contributed by atoms with Crippen molar-refractivity contribution in [1.29, 1.82) is 0 Å². The van der Waals surface area contributed by atoms with Crippen molar-refractivity contribution in [1.82, 2.24) is 0 Å². The molecule has 0 fully saturated rings. The van der Waals surface area contributed by atoms with Gasteiger partial charge in [-0.2, -0.15) is 0 Å². The summed E-state index contributed by atoms with van der Waals surface area (Å²) < 4.78 is 0. The minimum Gasteiger partial charge on any atom is -0.481 e. The Hall–Kier alpha value is -1.31. The first-order valence-corrected chi connectivity index (χ1v) is 6.32. The van der Waals surface area contributed by atoms with Crippen molar-refractivity contribution in [3.8, 4) is 11.8 Å². The second-order valence-corrected chi connectivity index (χ2v) is 4.11. The Balaban J connectivity index is 3.81. The molecule has 3 N–H and O–H groups in total. The number of hydrogen-bond acceptors (Lipinski definition) is 3. The molecule has 2 unspecified atom stereocenters. The van der Waals surface area contributed by atoms with Crippen LogP contribution in [0.5, 0.6) is 0 Å². The van der Waals surface area contributed by atoms with E-state index in [0.29, 0.717) is 19.3 Å². The fourth-order valence-electron chi connectivity index (χ4n) is 1.30. The predicted molar refractivity (Wildman–Crippen MR) is 69.9 cm³/mol. The molecule has 0 aliphatic heterocycles. The second kappa shape index (κ2) is 10.8. The van der Waals surface area contributed by atoms with Crippen LogP contribution in [0.15, 0.2) is 12.2 Å². The van der Waals surface area contributed by atoms with Crippen molar-refractivity contribution in [2.45, 2.75) is 57.7 Å². The molecule has 4 heteroatoms. The molecule has 18 heavy (non-hydrogen) atoms. The molecule has 102 valence electrons. The van der Waals surface area contributed by atoms with Crippen molar-refractivity contribution < 1.29 is 20.1 Å². The van der Waals surface area contributed by atoms with E-state index < -0.39 is 18.2 Å². The lowest BCUT2D eigenvalue weighted by Crippen LogP contribution is -2.05. The smallest absolute Gasteiger partial charge is 0.303 e. The van der Waals surface area contributed by atoms with E-state index in [9.17, 15) is 15.0 Å². The molecule has 0 rings (SSSR count). The number of hydrogen-bond donors (Lipinski definition) is 3. The number of unbranched alkanes of at least 4 members (excludes halogenated alkanes) is 2. The second-order valence-electron chi connectivity index (χ2n) is 4.11. The number of rotatable bonds is 8. The van der Waals surface area contributed by atoms with Gasteiger partial charge in [-0.05, 0) is 25.3 Å². The average molecular weight is 254 g/mol. The standard InChI is InChI=1S/C14H22O4/c1-2-3-7-12(15)10-11-13(16)8-5-4-6-9-14(17)18/h5,8,12-13,15-16H,2-4,6-7,9H2,1H3,(H,17,18). The molecule has 0 aromatic rings. The molecule has 0 aliphatic carbocycles. The average Bonchev–Trinajstić information content (AvgIpc) is 2.33. The first kappa shape index (κ1) is 16.7. The maximum absolute atomic E-state index is 10.2. The van der Waals surface area contributed by atoms with Crippen LogP contribution in [0, 0.1) is 11.8 Å². The SMILES string of the molecule is CCCCC(O)C#CC(O)C=CCCCC(=O)O. The van der Waals surface area contributed by atoms with Gasteiger partial charge >= 0.3 is 5.97 Å². The van der Waals surface area contributed by atoms with Crippen LogP contribution in [0.3, 0.4) is 0 Å². The van der Waals surface area contributed by atoms with Gasteiger partial charge in [-0.25, -0.2) is 0 Å². The highest BCUT2D eigenvalue weighted by Crippen LogP contribution is 2.00. The molecule has 0 aliphatic rings. The van der Waals surface area contributed by atoms with Crippen molar-refractivity contribution in [2.24, 2.45) is 0 Å². The van der Waals surface area contributed by atoms with E-state index in [1.165, 1.54) is 6.08 Å². The predicted octanol–water partition coefficient (Wildman–Crippen LogP) is 1.71. The number of aliphatic hydroxyl groups excluding tert-OH is 2. The number of aliphatic hydroxyl groups is 2. The zero-order valence-corrected chi connectivity index (χ0v) is 10.8. The highest BCUT2D eigenvalue weighted by Gasteiger charge is 1.98. The maximum atomic E-state index is 10.2. The lowest BCUT2D eigenvalue weighted by Gasteiger charge is -2.00. The van der Waals surface area contributed by atoms with Gasteiger partial charge in [0.2, 0.25) is 0 Å². The molecule has 0 saturated heterocycles. The highest BCUT2D eigenvalue weighted by molar-refractivity contribution is 5.66. The highest BCUT2D eigenvalue weighted by atomic mass is 16.4. The quantitative estimate of drug-likeness (QED) is 0.350. The van der Waals surface area contributed by atoms with Crippen molar-refractivity contribution in [3.05, 3.63) is 12.2 Å². The van der Waals surface area contributed by atoms with Crippen LogP contribution < -0.4 is 0 Å². The Kier molecular flexibility index (Phi) is 10.0. The van der Waals surface area contributed by atoms with Gasteiger partial charge in [-0.1, -0.05) is 37.7 Å². The van der Waals surface area contributed by atoms with Crippen LogP contribution >= 0.6 is 0 Å². The maximum Gasteiger partial charge on any atom is 0.303 e. The van der Waals surface area contributed by atoms with Gasteiger partial charge in [0, 0.05) is 6.42 Å². The summed E-state index contributed by atoms with van der Waals surface area (Å²) in [7, 11) is 0. The van der Waals surface area contributed by atoms with Gasteiger partial charge in [0.15, 0.2) is 0 Å². The number of carboxylic acids is 1. The topological polar surface area (TPSA) is 77.8 Å². The first-order chi connectivity index (χ1) is 8.56. The summed E-state index contributed by atoms with van der Waals surface area (Å²) in [5, 5.41) is 27.3. The monoisotopic (exact) mass is 254 g/mol. The van der Waals surface area contributed by atoms with Gasteiger partial charge in [-0.15, -0.1) is 0 Å². The van der Waals surface area contributed by atoms with Crippen LogP contribution in [-0.4, -0.2) is 33.5 Å². The van der Waals surface area contributed by atoms with E-state index in [1.807, 2.05) is 6.92 Å². The molecular formula is C14H22O4. The number of aliphatic carboxylic acids is 1. The number of carboxylic acid groups (broad SMARTS) is 1. The van der Waals surface area contributed by atoms with E-state index in [4.69, 9.17) is 5.11 Å². The van der Waals surface area contributed by atoms with Crippen LogP contribution in [0.2, 0.25) is 0 Å². The van der Waals surface area contributed by atoms with Crippen LogP contribution in [0.4, 0.5) is 0 Å². The molecule has 4 nitrogen and oxygen atoms in total. The molecule has 2 atom stereocenters. The van der Waals surface area contributed by atoms with Crippen LogP contribution in [0.1, 0.15) is 45.4 Å². The van der Waals surface area contributed by atoms with Crippen molar-refractivity contribution in [3.63, 3.8) is 0 Å². The number of carbonyl (C=O) groups is 1. The van der Waals surface area contributed by atoms with Crippen molar-refractivity contribution in [2.75, 3.05) is 0 Å². The van der Waals surface area contributed by atoms with E-state index in [2.05, 4.69) is 11.8 Å². The fourth-order valence-corrected chi connectivity index (χ4v) is 1.30. The van der Waals surface area contributed by atoms with Gasteiger partial charge in [0.1, 0.15) is 12.2 Å². The molecule has 0 bridgehead atoms. The Morgan fingerprint density at radius 3 is 2.61 bits per heavy atom. The first-order valence-electron chi connectivity index (χ1n) is 6.32. The molecule has 0 aromatic heterocycles. The molecular weight excluding hydrogens is 232 g/mol. The summed E-state index contributed by atoms with van der Waals surface area (Å²) >= 11 is 0. The summed E-state index contributed by atoms with van der Waals surface area (Å²) in [5.74, 6) is 4.31. The van der Waals surface area contributed by atoms with Crippen LogP contribution in [0.25, 0.3) is 0 Å². The Bertz CT molecular complexity index is 311. The zero-order valence-electron chi connectivity index (χ0n) is 10.8. The largest absolute Gasteiger partial charge is 0.481 e. The van der Waals surface area contributed by atoms with E-state index in [-0.39, 0.29) is 6.42 Å². The summed E-state index contributed by atoms with van der Waals surface area (Å²) in [6.45, 7) is 2.04. The molecule has 0 amide bonds. The summed E-state index contributed by atoms with van der Waals surface area (Å²) in [6, 6.07) is 0. The Labute approximate surface area is 108 Å². The van der Waals surface area contributed by atoms with E-state index in [1.54, 1.807) is 6.08 Å². The molecule has 0 heterocycles. The zero-order chi connectivity index (χ0) is 13.8. The van der Waals surface area contributed by atoms with Gasteiger partial charge < -0.3 is 15.3 Å². The third-order valence-electron chi connectivity index (χ3n) is 2.31. The summed E-state index contributed by atoms with van der Waals surface area (Å²) in [5.41, 5.74) is 0. The van der Waals surface area contributed by atoms with Crippen molar-refractivity contribution >= 4 is 5.97 Å². The number of allylic oxidation sites excluding steroid dienone is 1. The Morgan fingerprint density at radius 1 is 1.28 bits per heavy atom. The van der Waals surface area contributed by atoms with E-state index in [0.717, 1.165) is 12.8 Å². The van der Waals surface area contributed by atoms with Gasteiger partial charge in [-0.3, -0.25) is 4.79 Å². The third kappa shape index (κ3) is 11.2. The molecule has 0 saturated carbocycles. The van der Waals surface area contributed by atoms with E-state index >= 15 is 0 Å². The van der Waals surface area contributed by atoms with Gasteiger partial charge in [0.05, 0.1) is 0 Å². The van der Waals surface area contributed by atoms with Crippen LogP contribution in [-0.2, 0) is 4.79 Å². The molecule has 0 spiro atoms. The van der Waals surface area contributed by atoms with Gasteiger partial charge in [0.25, 0.3) is 0 Å². The molecule has 0 radical (unpaired) electrons. The normalized spacial score (nSPS) is 13.9. The minimum atomic E-state index is -0.897. The lowest BCUT2D eigenvalue weighted by molar-refractivity contribution is -0.137.